The molecule has 1 N–H and O–H groups in total. The first-order valence-corrected chi connectivity index (χ1v) is 9.67. The van der Waals surface area contributed by atoms with Gasteiger partial charge in [-0.3, -0.25) is 9.88 Å². The molecule has 2 unspecified atom stereocenters. The number of aromatic nitrogens is 4. The lowest BCUT2D eigenvalue weighted by atomic mass is 10.0. The first-order valence-electron chi connectivity index (χ1n) is 9.67. The molecule has 0 saturated carbocycles. The maximum absolute atomic E-state index is 6.29. The van der Waals surface area contributed by atoms with E-state index < -0.39 is 0 Å². The number of imidazole rings is 1. The van der Waals surface area contributed by atoms with Gasteiger partial charge in [-0.1, -0.05) is 0 Å². The highest BCUT2D eigenvalue weighted by molar-refractivity contribution is 5.70. The summed E-state index contributed by atoms with van der Waals surface area (Å²) in [6, 6.07) is 8.45. The summed E-state index contributed by atoms with van der Waals surface area (Å²) in [5, 5.41) is 0. The summed E-state index contributed by atoms with van der Waals surface area (Å²) in [6.07, 6.45) is 2.40. The van der Waals surface area contributed by atoms with Gasteiger partial charge in [0, 0.05) is 36.1 Å². The zero-order valence-electron chi connectivity index (χ0n) is 16.5. The number of hydrogen-bond donors (Lipinski definition) is 1. The maximum atomic E-state index is 6.29. The molecular weight excluding hydrogens is 338 g/mol. The molecule has 4 rings (SSSR count). The second-order valence-corrected chi connectivity index (χ2v) is 7.57. The summed E-state index contributed by atoms with van der Waals surface area (Å²) in [5.74, 6) is 1.82. The predicted molar refractivity (Wildman–Crippen MR) is 106 cm³/mol. The number of hydrogen-bond acceptors (Lipinski definition) is 5. The third kappa shape index (κ3) is 3.95. The van der Waals surface area contributed by atoms with Gasteiger partial charge in [0.15, 0.2) is 5.65 Å². The summed E-state index contributed by atoms with van der Waals surface area (Å²) in [5.41, 5.74) is 4.84. The van der Waals surface area contributed by atoms with Crippen molar-refractivity contribution in [3.63, 3.8) is 0 Å². The third-order valence-corrected chi connectivity index (χ3v) is 5.23. The lowest BCUT2D eigenvalue weighted by molar-refractivity contribution is 0.0647. The van der Waals surface area contributed by atoms with Gasteiger partial charge in [-0.25, -0.2) is 9.97 Å². The Kier molecular flexibility index (Phi) is 4.83. The monoisotopic (exact) mass is 365 g/mol. The van der Waals surface area contributed by atoms with Crippen molar-refractivity contribution in [3.05, 3.63) is 47.2 Å². The Balaban J connectivity index is 1.47. The smallest absolute Gasteiger partial charge is 0.177 e. The van der Waals surface area contributed by atoms with Crippen LogP contribution in [0.1, 0.15) is 48.7 Å². The number of likely N-dealkylation sites (tertiary alicyclic amines) is 1. The molecule has 2 atom stereocenters. The fourth-order valence-corrected chi connectivity index (χ4v) is 3.92. The van der Waals surface area contributed by atoms with Crippen molar-refractivity contribution in [2.45, 2.75) is 52.7 Å². The number of ether oxygens (including phenoxy) is 1. The summed E-state index contributed by atoms with van der Waals surface area (Å²) in [4.78, 5) is 19.4. The topological polar surface area (TPSA) is 66.9 Å². The van der Waals surface area contributed by atoms with Crippen LogP contribution in [0.2, 0.25) is 0 Å². The van der Waals surface area contributed by atoms with Crippen LogP contribution in [0.25, 0.3) is 11.2 Å². The first kappa shape index (κ1) is 17.9. The van der Waals surface area contributed by atoms with Gasteiger partial charge < -0.3 is 9.72 Å². The molecule has 0 aliphatic carbocycles. The molecule has 142 valence electrons. The number of nitrogens with zero attached hydrogens (tertiary/aromatic N) is 4. The number of nitrogens with one attached hydrogen (secondary N) is 1. The van der Waals surface area contributed by atoms with E-state index >= 15 is 0 Å². The lowest BCUT2D eigenvalue weighted by Crippen LogP contribution is -2.42. The van der Waals surface area contributed by atoms with Crippen LogP contribution in [0, 0.1) is 20.8 Å². The van der Waals surface area contributed by atoms with Gasteiger partial charge in [0.2, 0.25) is 0 Å². The second-order valence-electron chi connectivity index (χ2n) is 7.57. The van der Waals surface area contributed by atoms with E-state index in [4.69, 9.17) is 9.72 Å². The molecule has 27 heavy (non-hydrogen) atoms. The number of aryl methyl sites for hydroxylation is 3. The first-order chi connectivity index (χ1) is 13.0. The van der Waals surface area contributed by atoms with Crippen molar-refractivity contribution < 1.29 is 4.74 Å². The molecule has 0 aromatic carbocycles. The zero-order valence-corrected chi connectivity index (χ0v) is 16.5. The Morgan fingerprint density at radius 3 is 2.67 bits per heavy atom. The summed E-state index contributed by atoms with van der Waals surface area (Å²) >= 11 is 0. The Bertz CT molecular complexity index is 931. The van der Waals surface area contributed by atoms with Crippen molar-refractivity contribution in [2.24, 2.45) is 0 Å². The average Bonchev–Trinajstić information content (AvgIpc) is 2.99. The Hall–Kier alpha value is -2.47. The molecular formula is C21H27N5O. The van der Waals surface area contributed by atoms with Crippen LogP contribution in [0.5, 0.6) is 5.75 Å². The van der Waals surface area contributed by atoms with E-state index in [1.165, 1.54) is 0 Å². The summed E-state index contributed by atoms with van der Waals surface area (Å²) in [7, 11) is 0. The van der Waals surface area contributed by atoms with E-state index in [9.17, 15) is 0 Å². The number of rotatable bonds is 4. The van der Waals surface area contributed by atoms with Gasteiger partial charge >= 0.3 is 0 Å². The van der Waals surface area contributed by atoms with Gasteiger partial charge in [-0.05, 0) is 59.2 Å². The largest absolute Gasteiger partial charge is 0.489 e. The number of H-pyrrole nitrogens is 1. The predicted octanol–water partition coefficient (Wildman–Crippen LogP) is 3.88. The zero-order chi connectivity index (χ0) is 19.0. The van der Waals surface area contributed by atoms with E-state index in [0.29, 0.717) is 0 Å². The van der Waals surface area contributed by atoms with Crippen LogP contribution in [0.4, 0.5) is 0 Å². The highest BCUT2D eigenvalue weighted by Gasteiger charge is 2.26. The fraction of sp³-hybridized carbons (Fsp3) is 0.476. The minimum atomic E-state index is 0.193. The number of fused-ring (bicyclic) bond motifs is 1. The average molecular weight is 365 g/mol. The van der Waals surface area contributed by atoms with Gasteiger partial charge in [0.05, 0.1) is 11.2 Å². The van der Waals surface area contributed by atoms with Crippen LogP contribution >= 0.6 is 0 Å². The van der Waals surface area contributed by atoms with Crippen LogP contribution < -0.4 is 4.74 Å². The molecule has 6 nitrogen and oxygen atoms in total. The molecule has 3 aromatic heterocycles. The van der Waals surface area contributed by atoms with Crippen LogP contribution in [0.3, 0.4) is 0 Å². The van der Waals surface area contributed by atoms with Gasteiger partial charge in [-0.15, -0.1) is 0 Å². The van der Waals surface area contributed by atoms with Crippen molar-refractivity contribution >= 4 is 11.2 Å². The Labute approximate surface area is 160 Å². The normalized spacial score (nSPS) is 19.3. The van der Waals surface area contributed by atoms with Crippen molar-refractivity contribution in [3.8, 4) is 5.75 Å². The van der Waals surface area contributed by atoms with Crippen LogP contribution in [-0.2, 0) is 0 Å². The standard InChI is InChI=1S/C21H27N5O/c1-13-10-18(11-14(2)22-13)27-17-6-5-9-26(12-17)15(3)19-7-8-20-21(25-19)24-16(4)23-20/h7-8,10-11,15,17H,5-6,9,12H2,1-4H3,(H,23,24,25). The quantitative estimate of drug-likeness (QED) is 0.760. The van der Waals surface area contributed by atoms with E-state index in [2.05, 4.69) is 38.9 Å². The molecule has 1 fully saturated rings. The number of aromatic amines is 1. The Morgan fingerprint density at radius 2 is 1.89 bits per heavy atom. The van der Waals surface area contributed by atoms with Crippen molar-refractivity contribution in [1.29, 1.82) is 0 Å². The van der Waals surface area contributed by atoms with Crippen LogP contribution in [-0.4, -0.2) is 44.0 Å². The summed E-state index contributed by atoms with van der Waals surface area (Å²) in [6.45, 7) is 10.2. The Morgan fingerprint density at radius 1 is 1.11 bits per heavy atom. The SMILES string of the molecule is Cc1cc(OC2CCCN(C(C)c3ccc4[nH]c(C)nc4n3)C2)cc(C)n1. The molecule has 3 aromatic rings. The molecule has 0 radical (unpaired) electrons. The maximum Gasteiger partial charge on any atom is 0.177 e. The molecule has 4 heterocycles. The molecule has 1 aliphatic heterocycles. The fourth-order valence-electron chi connectivity index (χ4n) is 3.92. The molecule has 1 aliphatic rings. The highest BCUT2D eigenvalue weighted by Crippen LogP contribution is 2.26. The molecule has 0 bridgehead atoms. The minimum absolute atomic E-state index is 0.193. The van der Waals surface area contributed by atoms with Crippen molar-refractivity contribution in [1.82, 2.24) is 24.8 Å². The van der Waals surface area contributed by atoms with Gasteiger partial charge in [0.25, 0.3) is 0 Å². The van der Waals surface area contributed by atoms with E-state index in [0.717, 1.165) is 65.8 Å². The second kappa shape index (κ2) is 7.27. The highest BCUT2D eigenvalue weighted by atomic mass is 16.5. The summed E-state index contributed by atoms with van der Waals surface area (Å²) < 4.78 is 6.29. The molecule has 0 spiro atoms. The van der Waals surface area contributed by atoms with E-state index in [1.54, 1.807) is 0 Å². The van der Waals surface area contributed by atoms with E-state index in [1.807, 2.05) is 32.9 Å². The minimum Gasteiger partial charge on any atom is -0.489 e. The molecule has 0 amide bonds. The van der Waals surface area contributed by atoms with E-state index in [-0.39, 0.29) is 12.1 Å². The third-order valence-electron chi connectivity index (χ3n) is 5.23. The van der Waals surface area contributed by atoms with Gasteiger partial charge in [-0.2, -0.15) is 0 Å². The molecule has 1 saturated heterocycles. The van der Waals surface area contributed by atoms with Gasteiger partial charge in [0.1, 0.15) is 17.7 Å². The number of pyridine rings is 2. The van der Waals surface area contributed by atoms with Crippen molar-refractivity contribution in [2.75, 3.05) is 13.1 Å². The molecule has 6 heteroatoms. The number of piperidine rings is 1. The lowest BCUT2D eigenvalue weighted by Gasteiger charge is -2.36. The van der Waals surface area contributed by atoms with Crippen LogP contribution in [0.15, 0.2) is 24.3 Å².